The minimum Gasteiger partial charge on any atom is -0.313 e. The van der Waals surface area contributed by atoms with Gasteiger partial charge in [0.15, 0.2) is 0 Å². The second-order valence-electron chi connectivity index (χ2n) is 4.25. The smallest absolute Gasteiger partial charge is 0.0317 e. The summed E-state index contributed by atoms with van der Waals surface area (Å²) >= 11 is 0. The maximum absolute atomic E-state index is 3.40. The lowest BCUT2D eigenvalue weighted by molar-refractivity contribution is 0.512. The van der Waals surface area contributed by atoms with E-state index < -0.39 is 0 Å². The lowest BCUT2D eigenvalue weighted by Gasteiger charge is -2.16. The van der Waals surface area contributed by atoms with E-state index in [1.165, 1.54) is 36.8 Å². The van der Waals surface area contributed by atoms with Crippen molar-refractivity contribution < 1.29 is 0 Å². The van der Waals surface area contributed by atoms with Gasteiger partial charge in [-0.05, 0) is 26.0 Å². The van der Waals surface area contributed by atoms with E-state index in [4.69, 9.17) is 0 Å². The summed E-state index contributed by atoms with van der Waals surface area (Å²) in [5, 5.41) is 3.40. The first-order chi connectivity index (χ1) is 7.27. The first-order valence-corrected chi connectivity index (χ1v) is 6.01. The molecule has 1 rings (SSSR count). The highest BCUT2D eigenvalue weighted by Gasteiger charge is 2.07. The highest BCUT2D eigenvalue weighted by atomic mass is 14.9. The van der Waals surface area contributed by atoms with Gasteiger partial charge in [0.25, 0.3) is 0 Å². The predicted octanol–water partition coefficient (Wildman–Crippen LogP) is 3.84. The summed E-state index contributed by atoms with van der Waals surface area (Å²) < 4.78 is 0. The Kier molecular flexibility index (Phi) is 5.41. The Balaban J connectivity index is 2.53. The van der Waals surface area contributed by atoms with Crippen LogP contribution in [-0.4, -0.2) is 7.05 Å². The van der Waals surface area contributed by atoms with Gasteiger partial charge in [-0.2, -0.15) is 0 Å². The van der Waals surface area contributed by atoms with Crippen LogP contribution in [0.4, 0.5) is 0 Å². The normalized spacial score (nSPS) is 12.7. The van der Waals surface area contributed by atoms with E-state index in [2.05, 4.69) is 50.5 Å². The molecular weight excluding hydrogens is 182 g/mol. The van der Waals surface area contributed by atoms with Gasteiger partial charge >= 0.3 is 0 Å². The molecule has 1 unspecified atom stereocenters. The summed E-state index contributed by atoms with van der Waals surface area (Å²) in [5.41, 5.74) is 2.75. The van der Waals surface area contributed by atoms with Gasteiger partial charge in [-0.25, -0.2) is 0 Å². The SMILES string of the molecule is CCCCCC(NC)c1ccc(C)cc1. The second-order valence-corrected chi connectivity index (χ2v) is 4.25. The summed E-state index contributed by atoms with van der Waals surface area (Å²) in [5.74, 6) is 0. The van der Waals surface area contributed by atoms with Crippen LogP contribution in [0.5, 0.6) is 0 Å². The number of unbranched alkanes of at least 4 members (excludes halogenated alkanes) is 2. The molecule has 0 aliphatic rings. The van der Waals surface area contributed by atoms with Crippen molar-refractivity contribution in [3.05, 3.63) is 35.4 Å². The van der Waals surface area contributed by atoms with E-state index in [1.54, 1.807) is 0 Å². The molecule has 0 spiro atoms. The van der Waals surface area contributed by atoms with Crippen LogP contribution in [0.15, 0.2) is 24.3 Å². The molecule has 1 nitrogen and oxygen atoms in total. The molecule has 0 aliphatic heterocycles. The highest BCUT2D eigenvalue weighted by molar-refractivity contribution is 5.23. The molecule has 15 heavy (non-hydrogen) atoms. The number of hydrogen-bond donors (Lipinski definition) is 1. The summed E-state index contributed by atoms with van der Waals surface area (Å²) in [6.07, 6.45) is 5.19. The fraction of sp³-hybridized carbons (Fsp3) is 0.571. The highest BCUT2D eigenvalue weighted by Crippen LogP contribution is 2.19. The average molecular weight is 205 g/mol. The summed E-state index contributed by atoms with van der Waals surface area (Å²) in [7, 11) is 2.05. The van der Waals surface area contributed by atoms with E-state index in [0.717, 1.165) is 0 Å². The lowest BCUT2D eigenvalue weighted by Crippen LogP contribution is -2.16. The molecule has 0 amide bonds. The Morgan fingerprint density at radius 2 is 1.80 bits per heavy atom. The molecule has 1 aromatic carbocycles. The maximum Gasteiger partial charge on any atom is 0.0317 e. The van der Waals surface area contributed by atoms with Crippen molar-refractivity contribution in [2.45, 2.75) is 45.6 Å². The van der Waals surface area contributed by atoms with Gasteiger partial charge in [0.2, 0.25) is 0 Å². The second kappa shape index (κ2) is 6.62. The molecule has 1 heteroatoms. The van der Waals surface area contributed by atoms with Crippen LogP contribution < -0.4 is 5.32 Å². The topological polar surface area (TPSA) is 12.0 Å². The average Bonchev–Trinajstić information content (AvgIpc) is 2.26. The zero-order valence-corrected chi connectivity index (χ0v) is 10.2. The molecule has 1 N–H and O–H groups in total. The maximum atomic E-state index is 3.40. The summed E-state index contributed by atoms with van der Waals surface area (Å²) in [6.45, 7) is 4.38. The van der Waals surface area contributed by atoms with Crippen LogP contribution in [0, 0.1) is 6.92 Å². The molecule has 0 saturated heterocycles. The van der Waals surface area contributed by atoms with Crippen molar-refractivity contribution in [3.8, 4) is 0 Å². The number of nitrogens with one attached hydrogen (secondary N) is 1. The largest absolute Gasteiger partial charge is 0.313 e. The third kappa shape index (κ3) is 4.05. The standard InChI is InChI=1S/C14H23N/c1-4-5-6-7-14(15-3)13-10-8-12(2)9-11-13/h8-11,14-15H,4-7H2,1-3H3. The van der Waals surface area contributed by atoms with Crippen LogP contribution >= 0.6 is 0 Å². The molecule has 0 radical (unpaired) electrons. The van der Waals surface area contributed by atoms with Crippen LogP contribution in [0.25, 0.3) is 0 Å². The van der Waals surface area contributed by atoms with E-state index in [9.17, 15) is 0 Å². The molecule has 0 bridgehead atoms. The van der Waals surface area contributed by atoms with Crippen LogP contribution in [0.1, 0.15) is 49.8 Å². The molecule has 0 fully saturated rings. The molecule has 1 aromatic rings. The Morgan fingerprint density at radius 1 is 1.13 bits per heavy atom. The van der Waals surface area contributed by atoms with Gasteiger partial charge in [0.05, 0.1) is 0 Å². The van der Waals surface area contributed by atoms with Crippen molar-refractivity contribution in [3.63, 3.8) is 0 Å². The van der Waals surface area contributed by atoms with E-state index in [0.29, 0.717) is 6.04 Å². The minimum atomic E-state index is 0.525. The van der Waals surface area contributed by atoms with E-state index in [1.807, 2.05) is 0 Å². The molecule has 84 valence electrons. The van der Waals surface area contributed by atoms with Crippen LogP contribution in [0.3, 0.4) is 0 Å². The fourth-order valence-corrected chi connectivity index (χ4v) is 1.87. The summed E-state index contributed by atoms with van der Waals surface area (Å²) in [6, 6.07) is 9.39. The first kappa shape index (κ1) is 12.3. The van der Waals surface area contributed by atoms with E-state index in [-0.39, 0.29) is 0 Å². The Hall–Kier alpha value is -0.820. The number of benzene rings is 1. The molecular formula is C14H23N. The van der Waals surface area contributed by atoms with Gasteiger partial charge in [-0.1, -0.05) is 56.0 Å². The van der Waals surface area contributed by atoms with Gasteiger partial charge < -0.3 is 5.32 Å². The third-order valence-corrected chi connectivity index (χ3v) is 2.92. The molecule has 0 heterocycles. The van der Waals surface area contributed by atoms with Crippen LogP contribution in [0.2, 0.25) is 0 Å². The quantitative estimate of drug-likeness (QED) is 0.696. The van der Waals surface area contributed by atoms with Crippen molar-refractivity contribution in [1.82, 2.24) is 5.32 Å². The zero-order chi connectivity index (χ0) is 11.1. The number of aryl methyl sites for hydroxylation is 1. The molecule has 0 aliphatic carbocycles. The Morgan fingerprint density at radius 3 is 2.33 bits per heavy atom. The minimum absolute atomic E-state index is 0.525. The van der Waals surface area contributed by atoms with Crippen LogP contribution in [-0.2, 0) is 0 Å². The van der Waals surface area contributed by atoms with Crippen molar-refractivity contribution in [2.75, 3.05) is 7.05 Å². The number of hydrogen-bond acceptors (Lipinski definition) is 1. The van der Waals surface area contributed by atoms with Crippen molar-refractivity contribution >= 4 is 0 Å². The monoisotopic (exact) mass is 205 g/mol. The van der Waals surface area contributed by atoms with Gasteiger partial charge in [-0.3, -0.25) is 0 Å². The first-order valence-electron chi connectivity index (χ1n) is 6.01. The van der Waals surface area contributed by atoms with Gasteiger partial charge in [0.1, 0.15) is 0 Å². The third-order valence-electron chi connectivity index (χ3n) is 2.92. The summed E-state index contributed by atoms with van der Waals surface area (Å²) in [4.78, 5) is 0. The molecule has 1 atom stereocenters. The van der Waals surface area contributed by atoms with Gasteiger partial charge in [-0.15, -0.1) is 0 Å². The molecule has 0 saturated carbocycles. The van der Waals surface area contributed by atoms with Crippen molar-refractivity contribution in [1.29, 1.82) is 0 Å². The lowest BCUT2D eigenvalue weighted by atomic mass is 10.00. The molecule has 0 aromatic heterocycles. The Labute approximate surface area is 93.9 Å². The predicted molar refractivity (Wildman–Crippen MR) is 67.1 cm³/mol. The zero-order valence-electron chi connectivity index (χ0n) is 10.2. The number of rotatable bonds is 6. The Bertz CT molecular complexity index is 263. The van der Waals surface area contributed by atoms with Crippen molar-refractivity contribution in [2.24, 2.45) is 0 Å². The fourth-order valence-electron chi connectivity index (χ4n) is 1.87. The van der Waals surface area contributed by atoms with Gasteiger partial charge in [0, 0.05) is 6.04 Å². The van der Waals surface area contributed by atoms with E-state index >= 15 is 0 Å².